The first-order chi connectivity index (χ1) is 8.19. The van der Waals surface area contributed by atoms with E-state index in [2.05, 4.69) is 34.2 Å². The highest BCUT2D eigenvalue weighted by Crippen LogP contribution is 2.24. The van der Waals surface area contributed by atoms with E-state index in [0.29, 0.717) is 17.7 Å². The predicted octanol–water partition coefficient (Wildman–Crippen LogP) is 2.53. The van der Waals surface area contributed by atoms with Crippen LogP contribution in [0.5, 0.6) is 0 Å². The molecule has 0 aliphatic carbocycles. The Morgan fingerprint density at radius 3 is 2.65 bits per heavy atom. The Bertz CT molecular complexity index is 479. The molecule has 0 amide bonds. The van der Waals surface area contributed by atoms with Crippen LogP contribution in [0.15, 0.2) is 4.42 Å². The van der Waals surface area contributed by atoms with Crippen molar-refractivity contribution in [3.8, 4) is 0 Å². The van der Waals surface area contributed by atoms with Crippen LogP contribution in [-0.4, -0.2) is 20.4 Å². The molecule has 1 unspecified atom stereocenters. The second-order valence-electron chi connectivity index (χ2n) is 4.04. The van der Waals surface area contributed by atoms with Gasteiger partial charge in [-0.3, -0.25) is 0 Å². The van der Waals surface area contributed by atoms with Crippen molar-refractivity contribution in [2.75, 3.05) is 0 Å². The van der Waals surface area contributed by atoms with Crippen molar-refractivity contribution >= 4 is 11.3 Å². The molecule has 2 aromatic heterocycles. The lowest BCUT2D eigenvalue weighted by Gasteiger charge is -2.04. The molecule has 17 heavy (non-hydrogen) atoms. The van der Waals surface area contributed by atoms with Crippen LogP contribution in [-0.2, 0) is 12.8 Å². The molecule has 0 saturated carbocycles. The van der Waals surface area contributed by atoms with Crippen molar-refractivity contribution in [3.05, 3.63) is 21.8 Å². The Morgan fingerprint density at radius 1 is 1.24 bits per heavy atom. The van der Waals surface area contributed by atoms with E-state index in [9.17, 15) is 0 Å². The van der Waals surface area contributed by atoms with Gasteiger partial charge in [-0.15, -0.1) is 31.7 Å². The van der Waals surface area contributed by atoms with E-state index in [1.807, 2.05) is 0 Å². The summed E-state index contributed by atoms with van der Waals surface area (Å²) in [5, 5.41) is 18.3. The summed E-state index contributed by atoms with van der Waals surface area (Å²) in [5.41, 5.74) is 0. The van der Waals surface area contributed by atoms with Crippen molar-refractivity contribution in [3.63, 3.8) is 0 Å². The molecule has 0 saturated heterocycles. The number of nitrogens with zero attached hydrogens (tertiary/aromatic N) is 4. The van der Waals surface area contributed by atoms with E-state index in [0.717, 1.165) is 29.3 Å². The van der Waals surface area contributed by atoms with Gasteiger partial charge in [-0.25, -0.2) is 0 Å². The van der Waals surface area contributed by atoms with E-state index in [-0.39, 0.29) is 0 Å². The SMILES string of the molecule is CCc1nnc(C(C)CCc2nnc(C)o2)s1. The average Bonchev–Trinajstić information content (AvgIpc) is 2.94. The van der Waals surface area contributed by atoms with E-state index in [1.54, 1.807) is 18.3 Å². The fourth-order valence-electron chi connectivity index (χ4n) is 1.51. The maximum atomic E-state index is 5.34. The Labute approximate surface area is 104 Å². The fourth-order valence-corrected chi connectivity index (χ4v) is 2.38. The van der Waals surface area contributed by atoms with Crippen molar-refractivity contribution in [1.29, 1.82) is 0 Å². The zero-order valence-electron chi connectivity index (χ0n) is 10.3. The Balaban J connectivity index is 1.90. The summed E-state index contributed by atoms with van der Waals surface area (Å²) in [6.07, 6.45) is 2.70. The molecule has 0 aromatic carbocycles. The van der Waals surface area contributed by atoms with E-state index < -0.39 is 0 Å². The van der Waals surface area contributed by atoms with Crippen LogP contribution in [0.4, 0.5) is 0 Å². The Morgan fingerprint density at radius 2 is 2.06 bits per heavy atom. The molecule has 0 aliphatic heterocycles. The maximum absolute atomic E-state index is 5.34. The number of aromatic nitrogens is 4. The quantitative estimate of drug-likeness (QED) is 0.818. The van der Waals surface area contributed by atoms with Crippen molar-refractivity contribution < 1.29 is 4.42 Å². The third-order valence-corrected chi connectivity index (χ3v) is 3.86. The summed E-state index contributed by atoms with van der Waals surface area (Å²) in [4.78, 5) is 0. The van der Waals surface area contributed by atoms with Crippen LogP contribution in [0.2, 0.25) is 0 Å². The van der Waals surface area contributed by atoms with Crippen LogP contribution in [0, 0.1) is 6.92 Å². The maximum Gasteiger partial charge on any atom is 0.216 e. The first kappa shape index (κ1) is 12.2. The molecule has 2 rings (SSSR count). The van der Waals surface area contributed by atoms with Gasteiger partial charge in [0.15, 0.2) is 0 Å². The summed E-state index contributed by atoms with van der Waals surface area (Å²) < 4.78 is 5.34. The molecule has 0 fully saturated rings. The van der Waals surface area contributed by atoms with Crippen molar-refractivity contribution in [2.24, 2.45) is 0 Å². The standard InChI is InChI=1S/C11H16N4OS/c1-4-10-14-15-11(17-10)7(2)5-6-9-13-12-8(3)16-9/h7H,4-6H2,1-3H3. The number of aryl methyl sites for hydroxylation is 3. The van der Waals surface area contributed by atoms with Gasteiger partial charge in [0.25, 0.3) is 0 Å². The molecule has 0 aliphatic rings. The zero-order valence-corrected chi connectivity index (χ0v) is 11.1. The molecule has 5 nitrogen and oxygen atoms in total. The van der Waals surface area contributed by atoms with Crippen LogP contribution >= 0.6 is 11.3 Å². The van der Waals surface area contributed by atoms with Crippen LogP contribution < -0.4 is 0 Å². The lowest BCUT2D eigenvalue weighted by molar-refractivity contribution is 0.454. The van der Waals surface area contributed by atoms with Crippen LogP contribution in [0.25, 0.3) is 0 Å². The molecular formula is C11H16N4OS. The monoisotopic (exact) mass is 252 g/mol. The normalized spacial score (nSPS) is 12.9. The average molecular weight is 252 g/mol. The van der Waals surface area contributed by atoms with Crippen LogP contribution in [0.1, 0.15) is 48.0 Å². The second-order valence-corrected chi connectivity index (χ2v) is 5.14. The van der Waals surface area contributed by atoms with Crippen molar-refractivity contribution in [1.82, 2.24) is 20.4 Å². The van der Waals surface area contributed by atoms with Gasteiger partial charge in [0.2, 0.25) is 11.8 Å². The van der Waals surface area contributed by atoms with E-state index in [4.69, 9.17) is 4.42 Å². The van der Waals surface area contributed by atoms with Crippen molar-refractivity contribution in [2.45, 2.75) is 46.0 Å². The smallest absolute Gasteiger partial charge is 0.216 e. The number of hydrogen-bond donors (Lipinski definition) is 0. The van der Waals surface area contributed by atoms with Gasteiger partial charge in [-0.05, 0) is 12.8 Å². The summed E-state index contributed by atoms with van der Waals surface area (Å²) in [6.45, 7) is 6.05. The first-order valence-corrected chi connectivity index (χ1v) is 6.62. The number of rotatable bonds is 5. The Kier molecular flexibility index (Phi) is 3.83. The highest BCUT2D eigenvalue weighted by Gasteiger charge is 2.13. The van der Waals surface area contributed by atoms with Gasteiger partial charge < -0.3 is 4.42 Å². The summed E-state index contributed by atoms with van der Waals surface area (Å²) in [5.74, 6) is 1.71. The third-order valence-electron chi connectivity index (χ3n) is 2.57. The molecule has 1 atom stereocenters. The molecule has 0 bridgehead atoms. The molecule has 2 aromatic rings. The molecule has 92 valence electrons. The minimum absolute atomic E-state index is 0.389. The van der Waals surface area contributed by atoms with Gasteiger partial charge in [-0.2, -0.15) is 0 Å². The molecule has 6 heteroatoms. The molecular weight excluding hydrogens is 236 g/mol. The topological polar surface area (TPSA) is 64.7 Å². The van der Waals surface area contributed by atoms with E-state index in [1.165, 1.54) is 0 Å². The summed E-state index contributed by atoms with van der Waals surface area (Å²) in [7, 11) is 0. The third kappa shape index (κ3) is 3.09. The second kappa shape index (κ2) is 5.35. The number of hydrogen-bond acceptors (Lipinski definition) is 6. The highest BCUT2D eigenvalue weighted by molar-refractivity contribution is 7.11. The van der Waals surface area contributed by atoms with Gasteiger partial charge in [0, 0.05) is 19.3 Å². The van der Waals surface area contributed by atoms with Gasteiger partial charge in [-0.1, -0.05) is 13.8 Å². The predicted molar refractivity (Wildman–Crippen MR) is 65.1 cm³/mol. The highest BCUT2D eigenvalue weighted by atomic mass is 32.1. The van der Waals surface area contributed by atoms with Crippen LogP contribution in [0.3, 0.4) is 0 Å². The lowest BCUT2D eigenvalue weighted by Crippen LogP contribution is -1.96. The summed E-state index contributed by atoms with van der Waals surface area (Å²) in [6, 6.07) is 0. The molecule has 0 radical (unpaired) electrons. The summed E-state index contributed by atoms with van der Waals surface area (Å²) >= 11 is 1.69. The van der Waals surface area contributed by atoms with Gasteiger partial charge in [0.1, 0.15) is 10.0 Å². The minimum Gasteiger partial charge on any atom is -0.426 e. The first-order valence-electron chi connectivity index (χ1n) is 5.80. The zero-order chi connectivity index (χ0) is 12.3. The molecule has 2 heterocycles. The van der Waals surface area contributed by atoms with E-state index >= 15 is 0 Å². The van der Waals surface area contributed by atoms with Gasteiger partial charge in [0.05, 0.1) is 0 Å². The fraction of sp³-hybridized carbons (Fsp3) is 0.636. The minimum atomic E-state index is 0.389. The molecule has 0 spiro atoms. The van der Waals surface area contributed by atoms with Gasteiger partial charge >= 0.3 is 0 Å². The molecule has 0 N–H and O–H groups in total. The Hall–Kier alpha value is -1.30. The largest absolute Gasteiger partial charge is 0.426 e. The lowest BCUT2D eigenvalue weighted by atomic mass is 10.1.